The highest BCUT2D eigenvalue weighted by atomic mass is 16.4. The highest BCUT2D eigenvalue weighted by Crippen LogP contribution is 2.04. The highest BCUT2D eigenvalue weighted by Gasteiger charge is 2.11. The van der Waals surface area contributed by atoms with Crippen molar-refractivity contribution in [1.29, 1.82) is 0 Å². The molecule has 1 rings (SSSR count). The molecule has 0 aromatic heterocycles. The second-order valence-corrected chi connectivity index (χ2v) is 3.73. The summed E-state index contributed by atoms with van der Waals surface area (Å²) in [4.78, 5) is 23.2. The molecular weight excluding hydrogens is 206 g/mol. The maximum Gasteiger partial charge on any atom is 0.317 e. The van der Waals surface area contributed by atoms with Gasteiger partial charge in [0.1, 0.15) is 5.78 Å². The van der Waals surface area contributed by atoms with Crippen LogP contribution in [0.3, 0.4) is 0 Å². The SMILES string of the molecule is CC(=O)CN(CC(=O)O)Cc1ccccc1. The predicted molar refractivity (Wildman–Crippen MR) is 60.0 cm³/mol. The Bertz CT molecular complexity index is 346. The van der Waals surface area contributed by atoms with Gasteiger partial charge in [0.2, 0.25) is 0 Å². The van der Waals surface area contributed by atoms with Gasteiger partial charge in [-0.15, -0.1) is 0 Å². The van der Waals surface area contributed by atoms with Gasteiger partial charge in [-0.05, 0) is 12.5 Å². The first-order valence-electron chi connectivity index (χ1n) is 5.05. The van der Waals surface area contributed by atoms with Gasteiger partial charge < -0.3 is 5.11 Å². The lowest BCUT2D eigenvalue weighted by atomic mass is 10.2. The van der Waals surface area contributed by atoms with E-state index in [1.807, 2.05) is 30.3 Å². The molecule has 1 N–H and O–H groups in total. The molecule has 0 fully saturated rings. The summed E-state index contributed by atoms with van der Waals surface area (Å²) in [7, 11) is 0. The number of carboxylic acids is 1. The number of rotatable bonds is 6. The van der Waals surface area contributed by atoms with Crippen LogP contribution in [0, 0.1) is 0 Å². The van der Waals surface area contributed by atoms with E-state index in [2.05, 4.69) is 0 Å². The molecule has 86 valence electrons. The number of ketones is 1. The quantitative estimate of drug-likeness (QED) is 0.783. The third-order valence-corrected chi connectivity index (χ3v) is 2.05. The van der Waals surface area contributed by atoms with Crippen molar-refractivity contribution in [2.45, 2.75) is 13.5 Å². The Morgan fingerprint density at radius 1 is 1.19 bits per heavy atom. The lowest BCUT2D eigenvalue weighted by Crippen LogP contribution is -2.33. The van der Waals surface area contributed by atoms with Crippen molar-refractivity contribution in [2.24, 2.45) is 0 Å². The van der Waals surface area contributed by atoms with Crippen molar-refractivity contribution in [3.8, 4) is 0 Å². The summed E-state index contributed by atoms with van der Waals surface area (Å²) in [6.07, 6.45) is 0. The van der Waals surface area contributed by atoms with Crippen LogP contribution < -0.4 is 0 Å². The largest absolute Gasteiger partial charge is 0.480 e. The fraction of sp³-hybridized carbons (Fsp3) is 0.333. The summed E-state index contributed by atoms with van der Waals surface area (Å²) in [5, 5.41) is 8.72. The summed E-state index contributed by atoms with van der Waals surface area (Å²) in [5.41, 5.74) is 1.00. The third kappa shape index (κ3) is 4.70. The average molecular weight is 221 g/mol. The van der Waals surface area contributed by atoms with E-state index in [1.165, 1.54) is 6.92 Å². The number of benzene rings is 1. The van der Waals surface area contributed by atoms with Crippen LogP contribution >= 0.6 is 0 Å². The molecule has 1 aromatic rings. The van der Waals surface area contributed by atoms with Gasteiger partial charge in [-0.1, -0.05) is 30.3 Å². The molecule has 0 heterocycles. The van der Waals surface area contributed by atoms with Crippen LogP contribution in [-0.4, -0.2) is 34.8 Å². The molecule has 4 heteroatoms. The number of carboxylic acid groups (broad SMARTS) is 1. The van der Waals surface area contributed by atoms with Gasteiger partial charge in [0, 0.05) is 6.54 Å². The molecule has 0 saturated heterocycles. The summed E-state index contributed by atoms with van der Waals surface area (Å²) in [5.74, 6) is -0.950. The standard InChI is InChI=1S/C12H15NO3/c1-10(14)7-13(9-12(15)16)8-11-5-3-2-4-6-11/h2-6H,7-9H2,1H3,(H,15,16). The van der Waals surface area contributed by atoms with Gasteiger partial charge in [0.25, 0.3) is 0 Å². The average Bonchev–Trinajstić information content (AvgIpc) is 2.16. The van der Waals surface area contributed by atoms with E-state index in [1.54, 1.807) is 4.90 Å². The van der Waals surface area contributed by atoms with Crippen LogP contribution in [0.2, 0.25) is 0 Å². The summed E-state index contributed by atoms with van der Waals surface area (Å²) >= 11 is 0. The monoisotopic (exact) mass is 221 g/mol. The minimum atomic E-state index is -0.919. The number of aliphatic carboxylic acids is 1. The number of carbonyl (C=O) groups excluding carboxylic acids is 1. The molecule has 0 aliphatic rings. The Morgan fingerprint density at radius 3 is 2.31 bits per heavy atom. The number of Topliss-reactive ketones (excluding diaryl/α,β-unsaturated/α-hetero) is 1. The van der Waals surface area contributed by atoms with Gasteiger partial charge >= 0.3 is 5.97 Å². The smallest absolute Gasteiger partial charge is 0.317 e. The van der Waals surface area contributed by atoms with Crippen LogP contribution in [0.4, 0.5) is 0 Å². The van der Waals surface area contributed by atoms with Gasteiger partial charge in [0.15, 0.2) is 0 Å². The van der Waals surface area contributed by atoms with E-state index in [4.69, 9.17) is 5.11 Å². The summed E-state index contributed by atoms with van der Waals surface area (Å²) in [6, 6.07) is 9.50. The van der Waals surface area contributed by atoms with E-state index in [0.29, 0.717) is 6.54 Å². The van der Waals surface area contributed by atoms with E-state index in [0.717, 1.165) is 5.56 Å². The van der Waals surface area contributed by atoms with Crippen LogP contribution in [0.15, 0.2) is 30.3 Å². The highest BCUT2D eigenvalue weighted by molar-refractivity contribution is 5.78. The van der Waals surface area contributed by atoms with E-state index in [9.17, 15) is 9.59 Å². The molecule has 16 heavy (non-hydrogen) atoms. The fourth-order valence-corrected chi connectivity index (χ4v) is 1.52. The zero-order valence-corrected chi connectivity index (χ0v) is 9.22. The molecule has 0 spiro atoms. The van der Waals surface area contributed by atoms with E-state index >= 15 is 0 Å². The maximum absolute atomic E-state index is 11.0. The van der Waals surface area contributed by atoms with Crippen LogP contribution in [0.25, 0.3) is 0 Å². The van der Waals surface area contributed by atoms with Crippen LogP contribution in [0.5, 0.6) is 0 Å². The topological polar surface area (TPSA) is 57.6 Å². The van der Waals surface area contributed by atoms with Crippen molar-refractivity contribution in [3.63, 3.8) is 0 Å². The van der Waals surface area contributed by atoms with Crippen molar-refractivity contribution in [2.75, 3.05) is 13.1 Å². The lowest BCUT2D eigenvalue weighted by Gasteiger charge is -2.18. The molecule has 0 radical (unpaired) electrons. The zero-order valence-electron chi connectivity index (χ0n) is 9.22. The zero-order chi connectivity index (χ0) is 12.0. The predicted octanol–water partition coefficient (Wildman–Crippen LogP) is 1.16. The Balaban J connectivity index is 2.63. The second kappa shape index (κ2) is 6.02. The van der Waals surface area contributed by atoms with Crippen molar-refractivity contribution < 1.29 is 14.7 Å². The van der Waals surface area contributed by atoms with Crippen molar-refractivity contribution >= 4 is 11.8 Å². The Hall–Kier alpha value is -1.68. The summed E-state index contributed by atoms with van der Waals surface area (Å²) < 4.78 is 0. The minimum Gasteiger partial charge on any atom is -0.480 e. The molecule has 0 aliphatic heterocycles. The Morgan fingerprint density at radius 2 is 1.81 bits per heavy atom. The van der Waals surface area contributed by atoms with Crippen LogP contribution in [-0.2, 0) is 16.1 Å². The molecule has 0 aliphatic carbocycles. The number of carbonyl (C=O) groups is 2. The first-order chi connectivity index (χ1) is 7.58. The number of hydrogen-bond acceptors (Lipinski definition) is 3. The Labute approximate surface area is 94.5 Å². The van der Waals surface area contributed by atoms with Gasteiger partial charge in [-0.2, -0.15) is 0 Å². The molecule has 0 bridgehead atoms. The van der Waals surface area contributed by atoms with Gasteiger partial charge in [0.05, 0.1) is 13.1 Å². The maximum atomic E-state index is 11.0. The third-order valence-electron chi connectivity index (χ3n) is 2.05. The first kappa shape index (κ1) is 12.4. The van der Waals surface area contributed by atoms with Gasteiger partial charge in [-0.25, -0.2) is 0 Å². The lowest BCUT2D eigenvalue weighted by molar-refractivity contribution is -0.138. The molecule has 0 amide bonds. The Kier molecular flexibility index (Phi) is 4.66. The van der Waals surface area contributed by atoms with Crippen LogP contribution in [0.1, 0.15) is 12.5 Å². The number of nitrogens with zero attached hydrogens (tertiary/aromatic N) is 1. The van der Waals surface area contributed by atoms with E-state index in [-0.39, 0.29) is 18.9 Å². The molecule has 0 saturated carbocycles. The van der Waals surface area contributed by atoms with Crippen molar-refractivity contribution in [1.82, 2.24) is 4.90 Å². The van der Waals surface area contributed by atoms with Crippen molar-refractivity contribution in [3.05, 3.63) is 35.9 Å². The fourth-order valence-electron chi connectivity index (χ4n) is 1.52. The summed E-state index contributed by atoms with van der Waals surface area (Å²) in [6.45, 7) is 1.99. The normalized spacial score (nSPS) is 10.4. The number of hydrogen-bond donors (Lipinski definition) is 1. The van der Waals surface area contributed by atoms with E-state index < -0.39 is 5.97 Å². The molecule has 0 unspecified atom stereocenters. The molecular formula is C12H15NO3. The molecule has 4 nitrogen and oxygen atoms in total. The molecule has 0 atom stereocenters. The second-order valence-electron chi connectivity index (χ2n) is 3.73. The first-order valence-corrected chi connectivity index (χ1v) is 5.05. The van der Waals surface area contributed by atoms with Gasteiger partial charge in [-0.3, -0.25) is 14.5 Å². The molecule has 1 aromatic carbocycles. The minimum absolute atomic E-state index is 0.0304.